The van der Waals surface area contributed by atoms with Gasteiger partial charge in [-0.3, -0.25) is 0 Å². The van der Waals surface area contributed by atoms with Crippen molar-refractivity contribution < 1.29 is 0 Å². The highest BCUT2D eigenvalue weighted by Crippen LogP contribution is 2.15. The van der Waals surface area contributed by atoms with E-state index in [2.05, 4.69) is 30.1 Å². The van der Waals surface area contributed by atoms with E-state index in [0.717, 1.165) is 37.1 Å². The molecule has 0 amide bonds. The molecular formula is C17H24N4. The Morgan fingerprint density at radius 2 is 2.38 bits per heavy atom. The van der Waals surface area contributed by atoms with Crippen LogP contribution in [0.1, 0.15) is 37.8 Å². The summed E-state index contributed by atoms with van der Waals surface area (Å²) in [6.07, 6.45) is 2.54. The van der Waals surface area contributed by atoms with Crippen molar-refractivity contribution in [2.75, 3.05) is 19.6 Å². The smallest absolute Gasteiger partial charge is 0.194 e. The molecule has 0 aromatic heterocycles. The van der Waals surface area contributed by atoms with Crippen LogP contribution in [0, 0.1) is 17.2 Å². The summed E-state index contributed by atoms with van der Waals surface area (Å²) >= 11 is 0. The summed E-state index contributed by atoms with van der Waals surface area (Å²) in [6.45, 7) is 8.04. The number of hydrogen-bond acceptors (Lipinski definition) is 2. The number of nitrogens with zero attached hydrogens (tertiary/aromatic N) is 3. The van der Waals surface area contributed by atoms with E-state index in [-0.39, 0.29) is 0 Å². The highest BCUT2D eigenvalue weighted by molar-refractivity contribution is 5.80. The monoisotopic (exact) mass is 284 g/mol. The summed E-state index contributed by atoms with van der Waals surface area (Å²) < 4.78 is 0. The quantitative estimate of drug-likeness (QED) is 0.686. The molecular weight excluding hydrogens is 260 g/mol. The number of piperidine rings is 1. The van der Waals surface area contributed by atoms with Crippen LogP contribution in [-0.4, -0.2) is 30.5 Å². The first kappa shape index (κ1) is 15.4. The molecule has 1 aliphatic rings. The molecule has 0 radical (unpaired) electrons. The van der Waals surface area contributed by atoms with Crippen LogP contribution in [0.5, 0.6) is 0 Å². The summed E-state index contributed by atoms with van der Waals surface area (Å²) in [6, 6.07) is 9.84. The number of hydrogen-bond donors (Lipinski definition) is 1. The second kappa shape index (κ2) is 7.68. The molecule has 1 unspecified atom stereocenters. The van der Waals surface area contributed by atoms with Crippen LogP contribution in [0.2, 0.25) is 0 Å². The van der Waals surface area contributed by atoms with Crippen LogP contribution in [0.25, 0.3) is 0 Å². The third-order valence-corrected chi connectivity index (χ3v) is 3.76. The van der Waals surface area contributed by atoms with Crippen LogP contribution in [0.4, 0.5) is 0 Å². The Morgan fingerprint density at radius 1 is 1.52 bits per heavy atom. The Hall–Kier alpha value is -2.02. The van der Waals surface area contributed by atoms with Gasteiger partial charge in [-0.05, 0) is 43.4 Å². The summed E-state index contributed by atoms with van der Waals surface area (Å²) in [7, 11) is 0. The average Bonchev–Trinajstić information content (AvgIpc) is 2.51. The number of nitrogens with one attached hydrogen (secondary N) is 1. The van der Waals surface area contributed by atoms with E-state index in [4.69, 9.17) is 10.3 Å². The lowest BCUT2D eigenvalue weighted by atomic mass is 10.0. The van der Waals surface area contributed by atoms with E-state index in [1.165, 1.54) is 12.8 Å². The van der Waals surface area contributed by atoms with E-state index in [9.17, 15) is 0 Å². The molecule has 1 aromatic carbocycles. The minimum absolute atomic E-state index is 0.614. The van der Waals surface area contributed by atoms with Gasteiger partial charge in [-0.2, -0.15) is 5.26 Å². The lowest BCUT2D eigenvalue weighted by molar-refractivity contribution is 0.266. The molecule has 1 N–H and O–H groups in total. The Bertz CT molecular complexity index is 530. The predicted octanol–water partition coefficient (Wildman–Crippen LogP) is 2.76. The van der Waals surface area contributed by atoms with Crippen molar-refractivity contribution in [1.82, 2.24) is 10.2 Å². The normalized spacial score (nSPS) is 19.2. The zero-order chi connectivity index (χ0) is 15.1. The molecule has 1 aliphatic heterocycles. The molecule has 0 aliphatic carbocycles. The third kappa shape index (κ3) is 4.49. The van der Waals surface area contributed by atoms with Gasteiger partial charge in [-0.15, -0.1) is 0 Å². The van der Waals surface area contributed by atoms with E-state index in [1.807, 2.05) is 24.3 Å². The Labute approximate surface area is 127 Å². The molecule has 0 saturated carbocycles. The van der Waals surface area contributed by atoms with Crippen LogP contribution < -0.4 is 5.32 Å². The summed E-state index contributed by atoms with van der Waals surface area (Å²) in [4.78, 5) is 7.09. The topological polar surface area (TPSA) is 51.4 Å². The molecule has 0 bridgehead atoms. The van der Waals surface area contributed by atoms with Crippen molar-refractivity contribution in [2.45, 2.75) is 33.2 Å². The van der Waals surface area contributed by atoms with Crippen molar-refractivity contribution in [1.29, 1.82) is 5.26 Å². The summed E-state index contributed by atoms with van der Waals surface area (Å²) in [5, 5.41) is 12.3. The molecule has 1 aromatic rings. The maximum absolute atomic E-state index is 8.95. The van der Waals surface area contributed by atoms with E-state index in [1.54, 1.807) is 0 Å². The first-order valence-corrected chi connectivity index (χ1v) is 7.75. The fourth-order valence-corrected chi connectivity index (χ4v) is 2.71. The molecule has 4 nitrogen and oxygen atoms in total. The van der Waals surface area contributed by atoms with Gasteiger partial charge in [0.25, 0.3) is 0 Å². The van der Waals surface area contributed by atoms with Gasteiger partial charge in [0.15, 0.2) is 5.96 Å². The number of benzene rings is 1. The number of guanidine groups is 1. The average molecular weight is 284 g/mol. The van der Waals surface area contributed by atoms with Crippen molar-refractivity contribution in [3.63, 3.8) is 0 Å². The highest BCUT2D eigenvalue weighted by atomic mass is 15.3. The number of nitriles is 1. The molecule has 112 valence electrons. The number of aliphatic imine (C=N–C) groups is 1. The lowest BCUT2D eigenvalue weighted by Crippen LogP contribution is -2.46. The van der Waals surface area contributed by atoms with Gasteiger partial charge in [0.2, 0.25) is 0 Å². The second-order valence-electron chi connectivity index (χ2n) is 5.68. The zero-order valence-electron chi connectivity index (χ0n) is 13.0. The third-order valence-electron chi connectivity index (χ3n) is 3.76. The molecule has 0 spiro atoms. The lowest BCUT2D eigenvalue weighted by Gasteiger charge is -2.33. The zero-order valence-corrected chi connectivity index (χ0v) is 13.0. The molecule has 2 rings (SSSR count). The molecule has 1 fully saturated rings. The Balaban J connectivity index is 2.08. The van der Waals surface area contributed by atoms with Gasteiger partial charge in [-0.25, -0.2) is 4.99 Å². The maximum atomic E-state index is 8.95. The Kier molecular flexibility index (Phi) is 5.62. The molecule has 21 heavy (non-hydrogen) atoms. The fourth-order valence-electron chi connectivity index (χ4n) is 2.71. The van der Waals surface area contributed by atoms with E-state index < -0.39 is 0 Å². The van der Waals surface area contributed by atoms with E-state index in [0.29, 0.717) is 12.1 Å². The van der Waals surface area contributed by atoms with Crippen LogP contribution in [0.3, 0.4) is 0 Å². The SMILES string of the molecule is CCNC(=NCc1cccc(C#N)c1)N1CCCC(C)C1. The molecule has 1 saturated heterocycles. The van der Waals surface area contributed by atoms with Crippen molar-refractivity contribution in [2.24, 2.45) is 10.9 Å². The van der Waals surface area contributed by atoms with Gasteiger partial charge in [0.1, 0.15) is 0 Å². The summed E-state index contributed by atoms with van der Waals surface area (Å²) in [5.41, 5.74) is 1.77. The van der Waals surface area contributed by atoms with Crippen molar-refractivity contribution in [3.8, 4) is 6.07 Å². The van der Waals surface area contributed by atoms with Gasteiger partial charge in [-0.1, -0.05) is 19.1 Å². The number of likely N-dealkylation sites (tertiary alicyclic amines) is 1. The number of rotatable bonds is 3. The second-order valence-corrected chi connectivity index (χ2v) is 5.68. The molecule has 1 atom stereocenters. The van der Waals surface area contributed by atoms with Gasteiger partial charge in [0.05, 0.1) is 18.2 Å². The molecule has 4 heteroatoms. The van der Waals surface area contributed by atoms with Gasteiger partial charge >= 0.3 is 0 Å². The van der Waals surface area contributed by atoms with Crippen LogP contribution in [-0.2, 0) is 6.54 Å². The standard InChI is InChI=1S/C17H24N4/c1-3-19-17(21-9-5-6-14(2)13-21)20-12-16-8-4-7-15(10-16)11-18/h4,7-8,10,14H,3,5-6,9,12-13H2,1-2H3,(H,19,20). The van der Waals surface area contributed by atoms with Gasteiger partial charge < -0.3 is 10.2 Å². The Morgan fingerprint density at radius 3 is 3.10 bits per heavy atom. The first-order chi connectivity index (χ1) is 10.2. The first-order valence-electron chi connectivity index (χ1n) is 7.75. The minimum Gasteiger partial charge on any atom is -0.357 e. The van der Waals surface area contributed by atoms with Crippen molar-refractivity contribution >= 4 is 5.96 Å². The van der Waals surface area contributed by atoms with Crippen LogP contribution in [0.15, 0.2) is 29.3 Å². The fraction of sp³-hybridized carbons (Fsp3) is 0.529. The maximum Gasteiger partial charge on any atom is 0.194 e. The van der Waals surface area contributed by atoms with E-state index >= 15 is 0 Å². The molecule has 1 heterocycles. The predicted molar refractivity (Wildman–Crippen MR) is 85.9 cm³/mol. The van der Waals surface area contributed by atoms with Crippen molar-refractivity contribution in [3.05, 3.63) is 35.4 Å². The minimum atomic E-state index is 0.614. The van der Waals surface area contributed by atoms with Gasteiger partial charge in [0, 0.05) is 19.6 Å². The van der Waals surface area contributed by atoms with Crippen LogP contribution >= 0.6 is 0 Å². The largest absolute Gasteiger partial charge is 0.357 e. The summed E-state index contributed by atoms with van der Waals surface area (Å²) in [5.74, 6) is 1.72. The highest BCUT2D eigenvalue weighted by Gasteiger charge is 2.18.